The number of pyridine rings is 1. The molecule has 0 aromatic carbocycles. The maximum Gasteiger partial charge on any atom is 0.412 e. The Kier molecular flexibility index (Phi) is 8.62. The van der Waals surface area contributed by atoms with Crippen molar-refractivity contribution in [3.05, 3.63) is 30.1 Å². The average molecular weight is 420 g/mol. The molecule has 1 fully saturated rings. The van der Waals surface area contributed by atoms with Gasteiger partial charge in [-0.25, -0.2) is 9.59 Å². The van der Waals surface area contributed by atoms with E-state index in [1.54, 1.807) is 18.1 Å². The average Bonchev–Trinajstić information content (AvgIpc) is 3.21. The highest BCUT2D eigenvalue weighted by atomic mass is 16.7. The summed E-state index contributed by atoms with van der Waals surface area (Å²) >= 11 is 0. The van der Waals surface area contributed by atoms with Gasteiger partial charge in [-0.05, 0) is 30.9 Å². The van der Waals surface area contributed by atoms with Gasteiger partial charge in [0.25, 0.3) is 0 Å². The number of rotatable bonds is 8. The van der Waals surface area contributed by atoms with Gasteiger partial charge in [0.2, 0.25) is 12.2 Å². The van der Waals surface area contributed by atoms with E-state index in [0.29, 0.717) is 25.9 Å². The van der Waals surface area contributed by atoms with E-state index in [2.05, 4.69) is 4.98 Å². The molecule has 1 aromatic heterocycles. The van der Waals surface area contributed by atoms with Gasteiger partial charge >= 0.3 is 12.1 Å². The Labute approximate surface area is 178 Å². The van der Waals surface area contributed by atoms with Crippen LogP contribution in [0.1, 0.15) is 46.2 Å². The van der Waals surface area contributed by atoms with Crippen molar-refractivity contribution in [3.63, 3.8) is 0 Å². The number of likely N-dealkylation sites (tertiary alicyclic amines) is 1. The monoisotopic (exact) mass is 419 g/mol. The lowest BCUT2D eigenvalue weighted by atomic mass is 9.96. The zero-order valence-electron chi connectivity index (χ0n) is 18.5. The summed E-state index contributed by atoms with van der Waals surface area (Å²) in [5.41, 5.74) is 0.873. The van der Waals surface area contributed by atoms with Gasteiger partial charge in [0.05, 0.1) is 0 Å². The van der Waals surface area contributed by atoms with E-state index in [0.717, 1.165) is 12.1 Å². The first-order valence-corrected chi connectivity index (χ1v) is 10.5. The molecule has 8 nitrogen and oxygen atoms in total. The molecule has 30 heavy (non-hydrogen) atoms. The molecule has 2 unspecified atom stereocenters. The molecular weight excluding hydrogens is 386 g/mol. The van der Waals surface area contributed by atoms with Crippen LogP contribution in [0.5, 0.6) is 0 Å². The predicted molar refractivity (Wildman–Crippen MR) is 111 cm³/mol. The Hall–Kier alpha value is -2.64. The summed E-state index contributed by atoms with van der Waals surface area (Å²) < 4.78 is 10.6. The fraction of sp³-hybridized carbons (Fsp3) is 0.636. The molecule has 0 spiro atoms. The number of ether oxygens (including phenoxy) is 2. The molecule has 2 heterocycles. The molecule has 1 saturated heterocycles. The first-order valence-electron chi connectivity index (χ1n) is 10.5. The molecule has 1 aliphatic rings. The molecule has 0 N–H and O–H groups in total. The zero-order chi connectivity index (χ0) is 22.3. The summed E-state index contributed by atoms with van der Waals surface area (Å²) in [5.74, 6) is -0.547. The van der Waals surface area contributed by atoms with Crippen molar-refractivity contribution in [1.82, 2.24) is 14.8 Å². The number of carbonyl (C=O) groups excluding carboxylic acids is 3. The summed E-state index contributed by atoms with van der Waals surface area (Å²) in [4.78, 5) is 44.7. The van der Waals surface area contributed by atoms with Crippen LogP contribution in [0, 0.1) is 11.8 Å². The number of aromatic nitrogens is 1. The first-order chi connectivity index (χ1) is 14.2. The molecule has 0 aliphatic carbocycles. The third kappa shape index (κ3) is 6.43. The number of nitrogens with zero attached hydrogens (tertiary/aromatic N) is 3. The minimum Gasteiger partial charge on any atom is -0.424 e. The molecule has 8 heteroatoms. The molecular formula is C22H33N3O5. The summed E-state index contributed by atoms with van der Waals surface area (Å²) in [5, 5.41) is 0. The molecule has 2 rings (SSSR count). The van der Waals surface area contributed by atoms with Gasteiger partial charge in [0.1, 0.15) is 6.04 Å². The second kappa shape index (κ2) is 10.9. The summed E-state index contributed by atoms with van der Waals surface area (Å²) in [6.45, 7) is 8.31. The quantitative estimate of drug-likeness (QED) is 0.475. The lowest BCUT2D eigenvalue weighted by Gasteiger charge is -2.28. The molecule has 1 aliphatic heterocycles. The third-order valence-electron chi connectivity index (χ3n) is 5.49. The first kappa shape index (κ1) is 23.6. The maximum atomic E-state index is 12.7. The number of likely N-dealkylation sites (N-methyl/N-ethyl adjacent to an activating group) is 1. The van der Waals surface area contributed by atoms with E-state index in [1.807, 2.05) is 39.0 Å². The van der Waals surface area contributed by atoms with Gasteiger partial charge in [-0.3, -0.25) is 9.78 Å². The van der Waals surface area contributed by atoms with Crippen LogP contribution in [0.2, 0.25) is 0 Å². The zero-order valence-corrected chi connectivity index (χ0v) is 18.5. The Bertz CT molecular complexity index is 725. The molecule has 0 bridgehead atoms. The Balaban J connectivity index is 1.82. The Morgan fingerprint density at radius 3 is 2.57 bits per heavy atom. The van der Waals surface area contributed by atoms with Crippen LogP contribution in [0.25, 0.3) is 0 Å². The molecule has 1 aromatic rings. The molecule has 0 radical (unpaired) electrons. The SMILES string of the molecule is CC(OC(=O)C1CCCN1C(=O)[C@@H](C)C(C)C)OC(=O)N(C)CCc1ccccn1. The maximum absolute atomic E-state index is 12.7. The molecule has 2 amide bonds. The van der Waals surface area contributed by atoms with Crippen LogP contribution < -0.4 is 0 Å². The van der Waals surface area contributed by atoms with Crippen molar-refractivity contribution in [2.45, 2.75) is 59.3 Å². The Morgan fingerprint density at radius 2 is 1.93 bits per heavy atom. The highest BCUT2D eigenvalue weighted by Crippen LogP contribution is 2.24. The predicted octanol–water partition coefficient (Wildman–Crippen LogP) is 2.86. The standard InChI is InChI=1S/C22H33N3O5/c1-15(2)16(3)20(26)25-13-8-10-19(25)21(27)29-17(4)30-22(28)24(5)14-11-18-9-6-7-12-23-18/h6-7,9,12,15-17,19H,8,10-11,13-14H2,1-5H3/t16-,17?,19?/m0/s1. The van der Waals surface area contributed by atoms with Gasteiger partial charge in [0.15, 0.2) is 0 Å². The van der Waals surface area contributed by atoms with Crippen LogP contribution in [0.15, 0.2) is 24.4 Å². The van der Waals surface area contributed by atoms with Gasteiger partial charge in [-0.1, -0.05) is 26.8 Å². The highest BCUT2D eigenvalue weighted by Gasteiger charge is 2.38. The van der Waals surface area contributed by atoms with E-state index in [9.17, 15) is 14.4 Å². The summed E-state index contributed by atoms with van der Waals surface area (Å²) in [6.07, 6.45) is 1.98. The molecule has 3 atom stereocenters. The van der Waals surface area contributed by atoms with Gasteiger partial charge in [0, 0.05) is 51.3 Å². The van der Waals surface area contributed by atoms with Crippen molar-refractivity contribution in [1.29, 1.82) is 0 Å². The number of hydrogen-bond acceptors (Lipinski definition) is 6. The van der Waals surface area contributed by atoms with E-state index in [4.69, 9.17) is 9.47 Å². The van der Waals surface area contributed by atoms with E-state index in [1.165, 1.54) is 11.8 Å². The minimum absolute atomic E-state index is 0.0386. The fourth-order valence-corrected chi connectivity index (χ4v) is 3.24. The lowest BCUT2D eigenvalue weighted by molar-refractivity contribution is -0.173. The van der Waals surface area contributed by atoms with Crippen LogP contribution in [0.4, 0.5) is 4.79 Å². The largest absolute Gasteiger partial charge is 0.424 e. The number of carbonyl (C=O) groups is 3. The second-order valence-electron chi connectivity index (χ2n) is 8.10. The third-order valence-corrected chi connectivity index (χ3v) is 5.49. The number of esters is 1. The number of amides is 2. The van der Waals surface area contributed by atoms with Crippen LogP contribution >= 0.6 is 0 Å². The number of hydrogen-bond donors (Lipinski definition) is 0. The van der Waals surface area contributed by atoms with E-state index < -0.39 is 24.4 Å². The van der Waals surface area contributed by atoms with E-state index in [-0.39, 0.29) is 17.7 Å². The van der Waals surface area contributed by atoms with Crippen LogP contribution in [0.3, 0.4) is 0 Å². The second-order valence-corrected chi connectivity index (χ2v) is 8.10. The smallest absolute Gasteiger partial charge is 0.412 e. The highest BCUT2D eigenvalue weighted by molar-refractivity contribution is 5.86. The lowest BCUT2D eigenvalue weighted by Crippen LogP contribution is -2.45. The fourth-order valence-electron chi connectivity index (χ4n) is 3.24. The summed E-state index contributed by atoms with van der Waals surface area (Å²) in [7, 11) is 1.62. The molecule has 0 saturated carbocycles. The minimum atomic E-state index is -1.04. The Morgan fingerprint density at radius 1 is 1.20 bits per heavy atom. The van der Waals surface area contributed by atoms with Crippen molar-refractivity contribution in [2.24, 2.45) is 11.8 Å². The van der Waals surface area contributed by atoms with Crippen molar-refractivity contribution < 1.29 is 23.9 Å². The normalized spacial score (nSPS) is 18.1. The van der Waals surface area contributed by atoms with Crippen LogP contribution in [-0.4, -0.2) is 65.2 Å². The van der Waals surface area contributed by atoms with Gasteiger partial charge in [-0.2, -0.15) is 0 Å². The van der Waals surface area contributed by atoms with Crippen LogP contribution in [-0.2, 0) is 25.5 Å². The summed E-state index contributed by atoms with van der Waals surface area (Å²) in [6, 6.07) is 4.99. The van der Waals surface area contributed by atoms with Crippen molar-refractivity contribution >= 4 is 18.0 Å². The van der Waals surface area contributed by atoms with Crippen molar-refractivity contribution in [3.8, 4) is 0 Å². The molecule has 166 valence electrons. The van der Waals surface area contributed by atoms with E-state index >= 15 is 0 Å². The van der Waals surface area contributed by atoms with Gasteiger partial charge in [-0.15, -0.1) is 0 Å². The topological polar surface area (TPSA) is 89.0 Å². The van der Waals surface area contributed by atoms with Crippen molar-refractivity contribution in [2.75, 3.05) is 20.1 Å². The van der Waals surface area contributed by atoms with Gasteiger partial charge < -0.3 is 19.3 Å².